The molecule has 0 aromatic carbocycles. The van der Waals surface area contributed by atoms with Gasteiger partial charge in [-0.3, -0.25) is 5.01 Å². The van der Waals surface area contributed by atoms with E-state index in [1.807, 2.05) is 0 Å². The third-order valence-electron chi connectivity index (χ3n) is 11.0. The Morgan fingerprint density at radius 3 is 1.52 bits per heavy atom. The molecule has 0 saturated carbocycles. The van der Waals surface area contributed by atoms with E-state index >= 15 is 0 Å². The van der Waals surface area contributed by atoms with Gasteiger partial charge >= 0.3 is 0 Å². The zero-order valence-corrected chi connectivity index (χ0v) is 34.8. The summed E-state index contributed by atoms with van der Waals surface area (Å²) in [6, 6.07) is 0.914. The molecule has 48 heavy (non-hydrogen) atoms. The number of hydrogen-bond acceptors (Lipinski definition) is 8. The fourth-order valence-corrected chi connectivity index (χ4v) is 9.70. The van der Waals surface area contributed by atoms with Crippen molar-refractivity contribution in [3.63, 3.8) is 0 Å². The Kier molecular flexibility index (Phi) is 12.1. The van der Waals surface area contributed by atoms with Crippen LogP contribution in [0.25, 0.3) is 0 Å². The van der Waals surface area contributed by atoms with E-state index in [2.05, 4.69) is 151 Å². The van der Waals surface area contributed by atoms with Crippen molar-refractivity contribution in [2.45, 2.75) is 234 Å². The second-order valence-electron chi connectivity index (χ2n) is 20.4. The summed E-state index contributed by atoms with van der Waals surface area (Å²) in [5.41, 5.74) is -0.245. The molecular formula is C40H78N8. The zero-order valence-electron chi connectivity index (χ0n) is 34.8. The fourth-order valence-electron chi connectivity index (χ4n) is 9.70. The molecule has 2 saturated heterocycles. The molecule has 3 N–H and O–H groups in total. The first-order valence-electron chi connectivity index (χ1n) is 19.4. The highest BCUT2D eigenvalue weighted by molar-refractivity contribution is 5.41. The summed E-state index contributed by atoms with van der Waals surface area (Å²) >= 11 is 0. The summed E-state index contributed by atoms with van der Waals surface area (Å²) in [6.07, 6.45) is 9.20. The van der Waals surface area contributed by atoms with Gasteiger partial charge in [-0.1, -0.05) is 55.4 Å². The Balaban J connectivity index is 2.39. The van der Waals surface area contributed by atoms with Gasteiger partial charge in [0.05, 0.1) is 6.04 Å². The van der Waals surface area contributed by atoms with Crippen molar-refractivity contribution in [2.75, 3.05) is 10.3 Å². The quantitative estimate of drug-likeness (QED) is 0.179. The maximum Gasteiger partial charge on any atom is 0.245 e. The van der Waals surface area contributed by atoms with Crippen LogP contribution in [0, 0.1) is 5.41 Å². The van der Waals surface area contributed by atoms with Crippen molar-refractivity contribution in [1.29, 1.82) is 0 Å². The Bertz CT molecular complexity index is 1170. The molecule has 3 rings (SSSR count). The maximum absolute atomic E-state index is 5.55. The highest BCUT2D eigenvalue weighted by Gasteiger charge is 2.48. The van der Waals surface area contributed by atoms with Crippen LogP contribution in [0.5, 0.6) is 0 Å². The lowest BCUT2D eigenvalue weighted by Gasteiger charge is -2.57. The van der Waals surface area contributed by atoms with E-state index in [-0.39, 0.29) is 44.6 Å². The molecule has 0 radical (unpaired) electrons. The van der Waals surface area contributed by atoms with Crippen molar-refractivity contribution in [3.05, 3.63) is 5.82 Å². The molecule has 2 aliphatic rings. The molecule has 2 fully saturated rings. The van der Waals surface area contributed by atoms with Gasteiger partial charge in [-0.05, 0) is 132 Å². The van der Waals surface area contributed by atoms with Crippen LogP contribution in [0.15, 0.2) is 0 Å². The molecule has 8 nitrogen and oxygen atoms in total. The van der Waals surface area contributed by atoms with Crippen molar-refractivity contribution in [1.82, 2.24) is 30.6 Å². The Labute approximate surface area is 297 Å². The van der Waals surface area contributed by atoms with Gasteiger partial charge in [0.15, 0.2) is 0 Å². The molecule has 0 aliphatic carbocycles. The summed E-state index contributed by atoms with van der Waals surface area (Å²) in [5.74, 6) is 2.41. The number of hydrogen-bond donors (Lipinski definition) is 3. The summed E-state index contributed by atoms with van der Waals surface area (Å²) in [7, 11) is 0. The van der Waals surface area contributed by atoms with Crippen molar-refractivity contribution in [2.24, 2.45) is 5.41 Å². The van der Waals surface area contributed by atoms with Gasteiger partial charge in [-0.25, -0.2) is 5.01 Å². The van der Waals surface area contributed by atoms with Gasteiger partial charge < -0.3 is 16.0 Å². The van der Waals surface area contributed by atoms with E-state index < -0.39 is 0 Å². The summed E-state index contributed by atoms with van der Waals surface area (Å²) in [5, 5.41) is 17.2. The average molecular weight is 671 g/mol. The van der Waals surface area contributed by atoms with Gasteiger partial charge in [0, 0.05) is 45.2 Å². The minimum atomic E-state index is -0.190. The first-order chi connectivity index (χ1) is 21.7. The van der Waals surface area contributed by atoms with Crippen molar-refractivity contribution >= 4 is 11.9 Å². The molecular weight excluding hydrogens is 592 g/mol. The van der Waals surface area contributed by atoms with Crippen molar-refractivity contribution < 1.29 is 0 Å². The lowest BCUT2D eigenvalue weighted by Crippen LogP contribution is -2.70. The number of nitrogens with one attached hydrogen (secondary N) is 3. The van der Waals surface area contributed by atoms with Crippen LogP contribution in [0.2, 0.25) is 0 Å². The Hall–Kier alpha value is -1.51. The second kappa shape index (κ2) is 14.3. The molecule has 1 aromatic rings. The molecule has 1 aromatic heterocycles. The van der Waals surface area contributed by atoms with E-state index in [0.717, 1.165) is 69.6 Å². The van der Waals surface area contributed by atoms with Crippen LogP contribution in [-0.4, -0.2) is 65.8 Å². The van der Waals surface area contributed by atoms with Crippen molar-refractivity contribution in [3.8, 4) is 0 Å². The number of aromatic nitrogens is 3. The lowest BCUT2D eigenvalue weighted by atomic mass is 9.78. The predicted octanol–water partition coefficient (Wildman–Crippen LogP) is 9.41. The number of piperidine rings is 2. The predicted molar refractivity (Wildman–Crippen MR) is 207 cm³/mol. The highest BCUT2D eigenvalue weighted by atomic mass is 15.7. The van der Waals surface area contributed by atoms with Gasteiger partial charge in [0.1, 0.15) is 5.82 Å². The average Bonchev–Trinajstić information content (AvgIpc) is 2.87. The zero-order chi connectivity index (χ0) is 36.7. The molecule has 0 atom stereocenters. The van der Waals surface area contributed by atoms with Crippen LogP contribution in [0.3, 0.4) is 0 Å². The van der Waals surface area contributed by atoms with E-state index in [1.165, 1.54) is 0 Å². The van der Waals surface area contributed by atoms with E-state index in [4.69, 9.17) is 15.0 Å². The standard InChI is InChI=1S/C40H78N8/c1-19-28(20-2)47(29-23-35(8,9)45-36(10,11)24-29)48(30-25-37(12,13)46-38(14,15)26-30)33-42-31(40(18,21-3)22-4)41-32(43-33)44-39(16,17)27-34(5,6)7/h28-30,45-46H,19-27H2,1-18H3,(H,41,42,43,44). The Morgan fingerprint density at radius 2 is 1.12 bits per heavy atom. The SMILES string of the molecule is CCC(CC)N(C1CC(C)(C)NC(C)(C)C1)N(c1nc(NC(C)(C)CC(C)(C)C)nc(C(C)(CC)CC)n1)C1CC(C)(C)NC(C)(C)C1. The number of rotatable bonds is 13. The van der Waals surface area contributed by atoms with Crippen LogP contribution >= 0.6 is 0 Å². The van der Waals surface area contributed by atoms with E-state index in [0.29, 0.717) is 18.0 Å². The first-order valence-corrected chi connectivity index (χ1v) is 19.4. The molecule has 2 aliphatic heterocycles. The minimum Gasteiger partial charge on any atom is -0.349 e. The van der Waals surface area contributed by atoms with E-state index in [1.54, 1.807) is 0 Å². The smallest absolute Gasteiger partial charge is 0.245 e. The third kappa shape index (κ3) is 10.5. The normalized spacial score (nSPS) is 21.9. The van der Waals surface area contributed by atoms with Crippen LogP contribution in [-0.2, 0) is 5.41 Å². The summed E-state index contributed by atoms with van der Waals surface area (Å²) in [4.78, 5) is 16.3. The van der Waals surface area contributed by atoms with Gasteiger partial charge in [-0.15, -0.1) is 0 Å². The molecule has 0 unspecified atom stereocenters. The fraction of sp³-hybridized carbons (Fsp3) is 0.925. The molecule has 3 heterocycles. The van der Waals surface area contributed by atoms with Gasteiger partial charge in [-0.2, -0.15) is 15.0 Å². The minimum absolute atomic E-state index is 0.00593. The molecule has 0 bridgehead atoms. The number of nitrogens with zero attached hydrogens (tertiary/aromatic N) is 5. The van der Waals surface area contributed by atoms with Crippen LogP contribution < -0.4 is 21.0 Å². The monoisotopic (exact) mass is 671 g/mol. The molecule has 8 heteroatoms. The highest BCUT2D eigenvalue weighted by Crippen LogP contribution is 2.41. The Morgan fingerprint density at radius 1 is 0.688 bits per heavy atom. The molecule has 0 amide bonds. The number of anilines is 2. The summed E-state index contributed by atoms with van der Waals surface area (Å²) < 4.78 is 0. The maximum atomic E-state index is 5.55. The lowest BCUT2D eigenvalue weighted by molar-refractivity contribution is 0.00565. The topological polar surface area (TPSA) is 81.2 Å². The molecule has 278 valence electrons. The largest absolute Gasteiger partial charge is 0.349 e. The first kappa shape index (κ1) is 40.9. The third-order valence-corrected chi connectivity index (χ3v) is 11.0. The van der Waals surface area contributed by atoms with E-state index in [9.17, 15) is 0 Å². The number of hydrazine groups is 1. The van der Waals surface area contributed by atoms with Crippen LogP contribution in [0.4, 0.5) is 11.9 Å². The van der Waals surface area contributed by atoms with Crippen LogP contribution in [0.1, 0.15) is 188 Å². The molecule has 0 spiro atoms. The summed E-state index contributed by atoms with van der Waals surface area (Å²) in [6.45, 7) is 42.1. The van der Waals surface area contributed by atoms with Gasteiger partial charge in [0.2, 0.25) is 11.9 Å². The second-order valence-corrected chi connectivity index (χ2v) is 20.4. The van der Waals surface area contributed by atoms with Gasteiger partial charge in [0.25, 0.3) is 0 Å².